The van der Waals surface area contributed by atoms with Crippen molar-refractivity contribution in [2.75, 3.05) is 5.32 Å². The molecule has 0 aliphatic carbocycles. The van der Waals surface area contributed by atoms with E-state index in [0.29, 0.717) is 16.0 Å². The van der Waals surface area contributed by atoms with E-state index in [4.69, 9.17) is 4.42 Å². The lowest BCUT2D eigenvalue weighted by atomic mass is 10.2. The molecule has 29 heavy (non-hydrogen) atoms. The van der Waals surface area contributed by atoms with Gasteiger partial charge in [-0.05, 0) is 43.3 Å². The van der Waals surface area contributed by atoms with E-state index in [1.807, 2.05) is 67.6 Å². The highest BCUT2D eigenvalue weighted by molar-refractivity contribution is 7.99. The van der Waals surface area contributed by atoms with Crippen molar-refractivity contribution in [3.05, 3.63) is 77.6 Å². The summed E-state index contributed by atoms with van der Waals surface area (Å²) in [4.78, 5) is 17.9. The van der Waals surface area contributed by atoms with Crippen LogP contribution < -0.4 is 5.32 Å². The first-order chi connectivity index (χ1) is 14.1. The summed E-state index contributed by atoms with van der Waals surface area (Å²) in [6.45, 7) is 2.03. The summed E-state index contributed by atoms with van der Waals surface area (Å²) < 4.78 is 6.71. The molecule has 0 aliphatic heterocycles. The number of carbonyl (C=O) groups is 1. The standard InChI is InChI=1S/C22H15N3O2S2/c1-14-6-9-17(10-7-14)28-20-11-8-16(27-20)12-15(13-23)21(26)25-22-24-18-4-2-3-5-19(18)29-22/h2-12H,1H3,(H,24,25,26)/b15-12+. The Hall–Kier alpha value is -3.34. The van der Waals surface area contributed by atoms with E-state index in [1.54, 1.807) is 6.07 Å². The molecule has 1 N–H and O–H groups in total. The molecule has 5 nitrogen and oxygen atoms in total. The van der Waals surface area contributed by atoms with Crippen LogP contribution in [-0.2, 0) is 4.79 Å². The van der Waals surface area contributed by atoms with Gasteiger partial charge < -0.3 is 4.42 Å². The fourth-order valence-electron chi connectivity index (χ4n) is 2.57. The number of hydrogen-bond acceptors (Lipinski definition) is 6. The summed E-state index contributed by atoms with van der Waals surface area (Å²) in [6.07, 6.45) is 1.43. The molecule has 4 aromatic rings. The number of hydrogen-bond donors (Lipinski definition) is 1. The minimum atomic E-state index is -0.518. The number of benzene rings is 2. The summed E-state index contributed by atoms with van der Waals surface area (Å²) in [6, 6.07) is 21.2. The van der Waals surface area contributed by atoms with Gasteiger partial charge in [0.15, 0.2) is 10.2 Å². The Balaban J connectivity index is 1.48. The molecule has 2 heterocycles. The first-order valence-electron chi connectivity index (χ1n) is 8.74. The molecule has 7 heteroatoms. The number of rotatable bonds is 5. The number of carbonyl (C=O) groups excluding carboxylic acids is 1. The maximum absolute atomic E-state index is 12.5. The second-order valence-electron chi connectivity index (χ2n) is 6.18. The Labute approximate surface area is 175 Å². The highest BCUT2D eigenvalue weighted by atomic mass is 32.2. The zero-order chi connectivity index (χ0) is 20.2. The molecule has 0 unspecified atom stereocenters. The Bertz CT molecular complexity index is 1210. The molecule has 0 bridgehead atoms. The number of amides is 1. The van der Waals surface area contributed by atoms with Crippen LogP contribution in [0.5, 0.6) is 0 Å². The highest BCUT2D eigenvalue weighted by Crippen LogP contribution is 2.30. The lowest BCUT2D eigenvalue weighted by Crippen LogP contribution is -2.13. The Morgan fingerprint density at radius 1 is 1.17 bits per heavy atom. The van der Waals surface area contributed by atoms with Crippen molar-refractivity contribution in [1.82, 2.24) is 4.98 Å². The number of nitrogens with zero attached hydrogens (tertiary/aromatic N) is 2. The Morgan fingerprint density at radius 2 is 1.97 bits per heavy atom. The number of aromatic nitrogens is 1. The molecule has 0 saturated carbocycles. The fourth-order valence-corrected chi connectivity index (χ4v) is 4.21. The zero-order valence-corrected chi connectivity index (χ0v) is 17.0. The molecule has 0 saturated heterocycles. The summed E-state index contributed by atoms with van der Waals surface area (Å²) in [5.41, 5.74) is 1.94. The molecular weight excluding hydrogens is 402 g/mol. The van der Waals surface area contributed by atoms with Gasteiger partial charge in [-0.2, -0.15) is 5.26 Å². The molecule has 0 spiro atoms. The van der Waals surface area contributed by atoms with Gasteiger partial charge in [0.1, 0.15) is 17.4 Å². The molecule has 142 valence electrons. The van der Waals surface area contributed by atoms with E-state index in [9.17, 15) is 10.1 Å². The maximum Gasteiger partial charge on any atom is 0.268 e. The molecule has 1 amide bonds. The van der Waals surface area contributed by atoms with Gasteiger partial charge in [-0.15, -0.1) is 0 Å². The average molecular weight is 418 g/mol. The number of fused-ring (bicyclic) bond motifs is 1. The van der Waals surface area contributed by atoms with Crippen LogP contribution in [0.25, 0.3) is 16.3 Å². The van der Waals surface area contributed by atoms with Crippen molar-refractivity contribution < 1.29 is 9.21 Å². The second-order valence-corrected chi connectivity index (χ2v) is 8.29. The minimum absolute atomic E-state index is 0.0505. The average Bonchev–Trinajstić information content (AvgIpc) is 3.33. The smallest absolute Gasteiger partial charge is 0.268 e. The van der Waals surface area contributed by atoms with Crippen molar-refractivity contribution in [2.45, 2.75) is 16.9 Å². The monoisotopic (exact) mass is 417 g/mol. The third kappa shape index (κ3) is 4.57. The van der Waals surface area contributed by atoms with Gasteiger partial charge >= 0.3 is 0 Å². The maximum atomic E-state index is 12.5. The van der Waals surface area contributed by atoms with Crippen LogP contribution in [0.3, 0.4) is 0 Å². The molecule has 0 atom stereocenters. The van der Waals surface area contributed by atoms with Gasteiger partial charge in [0.2, 0.25) is 0 Å². The molecule has 4 rings (SSSR count). The molecule has 2 aromatic carbocycles. The topological polar surface area (TPSA) is 78.9 Å². The first-order valence-corrected chi connectivity index (χ1v) is 10.4. The van der Waals surface area contributed by atoms with Gasteiger partial charge in [-0.1, -0.05) is 52.9 Å². The van der Waals surface area contributed by atoms with E-state index in [2.05, 4.69) is 10.3 Å². The predicted octanol–water partition coefficient (Wildman–Crippen LogP) is 5.89. The molecule has 0 fully saturated rings. The van der Waals surface area contributed by atoms with Gasteiger partial charge in [-0.25, -0.2) is 4.98 Å². The minimum Gasteiger partial charge on any atom is -0.450 e. The van der Waals surface area contributed by atoms with Crippen molar-refractivity contribution in [2.24, 2.45) is 0 Å². The second kappa shape index (κ2) is 8.35. The first kappa shape index (κ1) is 19.0. The number of anilines is 1. The van der Waals surface area contributed by atoms with Crippen LogP contribution in [0.1, 0.15) is 11.3 Å². The molecule has 0 radical (unpaired) electrons. The van der Waals surface area contributed by atoms with E-state index in [-0.39, 0.29) is 5.57 Å². The van der Waals surface area contributed by atoms with Crippen LogP contribution in [0.2, 0.25) is 0 Å². The number of thiazole rings is 1. The number of nitrogens with one attached hydrogen (secondary N) is 1. The lowest BCUT2D eigenvalue weighted by Gasteiger charge is -1.99. The summed E-state index contributed by atoms with van der Waals surface area (Å²) in [7, 11) is 0. The van der Waals surface area contributed by atoms with Crippen LogP contribution in [0.4, 0.5) is 5.13 Å². The highest BCUT2D eigenvalue weighted by Gasteiger charge is 2.13. The van der Waals surface area contributed by atoms with Crippen LogP contribution in [0, 0.1) is 18.3 Å². The number of para-hydroxylation sites is 1. The lowest BCUT2D eigenvalue weighted by molar-refractivity contribution is -0.112. The van der Waals surface area contributed by atoms with Crippen molar-refractivity contribution in [3.8, 4) is 6.07 Å². The van der Waals surface area contributed by atoms with E-state index < -0.39 is 5.91 Å². The quantitative estimate of drug-likeness (QED) is 0.323. The third-order valence-electron chi connectivity index (χ3n) is 4.01. The van der Waals surface area contributed by atoms with Gasteiger partial charge in [0.25, 0.3) is 5.91 Å². The number of aryl methyl sites for hydroxylation is 1. The number of nitriles is 1. The van der Waals surface area contributed by atoms with Crippen LogP contribution in [-0.4, -0.2) is 10.9 Å². The third-order valence-corrected chi connectivity index (χ3v) is 5.89. The van der Waals surface area contributed by atoms with Gasteiger partial charge in [0.05, 0.1) is 10.2 Å². The largest absolute Gasteiger partial charge is 0.450 e. The number of furan rings is 1. The SMILES string of the molecule is Cc1ccc(Sc2ccc(/C=C(\C#N)C(=O)Nc3nc4ccccc4s3)o2)cc1. The summed E-state index contributed by atoms with van der Waals surface area (Å²) in [5.74, 6) is -0.0775. The normalized spacial score (nSPS) is 11.4. The van der Waals surface area contributed by atoms with Crippen LogP contribution in [0.15, 0.2) is 80.6 Å². The predicted molar refractivity (Wildman–Crippen MR) is 116 cm³/mol. The molecular formula is C22H15N3O2S2. The van der Waals surface area contributed by atoms with E-state index >= 15 is 0 Å². The van der Waals surface area contributed by atoms with Crippen molar-refractivity contribution >= 4 is 50.4 Å². The van der Waals surface area contributed by atoms with E-state index in [0.717, 1.165) is 15.1 Å². The Morgan fingerprint density at radius 3 is 2.72 bits per heavy atom. The molecule has 0 aliphatic rings. The van der Waals surface area contributed by atoms with Gasteiger partial charge in [0, 0.05) is 11.0 Å². The Kier molecular flexibility index (Phi) is 5.47. The van der Waals surface area contributed by atoms with E-state index in [1.165, 1.54) is 34.7 Å². The van der Waals surface area contributed by atoms with Gasteiger partial charge in [-0.3, -0.25) is 10.1 Å². The fraction of sp³-hybridized carbons (Fsp3) is 0.0455. The molecule has 2 aromatic heterocycles. The van der Waals surface area contributed by atoms with Crippen molar-refractivity contribution in [1.29, 1.82) is 5.26 Å². The van der Waals surface area contributed by atoms with Crippen molar-refractivity contribution in [3.63, 3.8) is 0 Å². The zero-order valence-electron chi connectivity index (χ0n) is 15.4. The van der Waals surface area contributed by atoms with Crippen LogP contribution >= 0.6 is 23.1 Å². The summed E-state index contributed by atoms with van der Waals surface area (Å²) >= 11 is 2.84. The summed E-state index contributed by atoms with van der Waals surface area (Å²) in [5, 5.41) is 13.2.